The first-order valence-electron chi connectivity index (χ1n) is 8.90. The highest BCUT2D eigenvalue weighted by atomic mass is 79.9. The van der Waals surface area contributed by atoms with Crippen LogP contribution < -0.4 is 4.74 Å². The van der Waals surface area contributed by atoms with Gasteiger partial charge in [-0.3, -0.25) is 10.1 Å². The Bertz CT molecular complexity index is 981. The molecule has 0 aliphatic rings. The number of aromatic amines is 1. The van der Waals surface area contributed by atoms with Gasteiger partial charge in [-0.1, -0.05) is 12.1 Å². The van der Waals surface area contributed by atoms with Gasteiger partial charge >= 0.3 is 6.09 Å². The minimum absolute atomic E-state index is 0.338. The zero-order valence-corrected chi connectivity index (χ0v) is 17.9. The van der Waals surface area contributed by atoms with Crippen molar-refractivity contribution in [3.63, 3.8) is 0 Å². The van der Waals surface area contributed by atoms with Crippen LogP contribution in [-0.2, 0) is 4.74 Å². The first-order valence-corrected chi connectivity index (χ1v) is 9.70. The van der Waals surface area contributed by atoms with Gasteiger partial charge in [0.1, 0.15) is 22.6 Å². The fraction of sp³-hybridized carbons (Fsp3) is 0.350. The number of likely N-dealkylation sites (N-methyl/N-ethyl adjacent to an activating group) is 1. The molecule has 8 heteroatoms. The van der Waals surface area contributed by atoms with Gasteiger partial charge in [0.05, 0.1) is 24.0 Å². The Hall–Kier alpha value is -2.61. The number of carbonyl (C=O) groups excluding carboxylic acids is 1. The fourth-order valence-corrected chi connectivity index (χ4v) is 2.98. The molecule has 0 unspecified atom stereocenters. The second kappa shape index (κ2) is 8.18. The van der Waals surface area contributed by atoms with Crippen LogP contribution >= 0.6 is 15.9 Å². The number of aromatic nitrogens is 3. The Morgan fingerprint density at radius 2 is 2.04 bits per heavy atom. The number of H-pyrrole nitrogens is 1. The van der Waals surface area contributed by atoms with Crippen molar-refractivity contribution >= 4 is 32.9 Å². The number of fused-ring (bicyclic) bond motifs is 1. The summed E-state index contributed by atoms with van der Waals surface area (Å²) < 4.78 is 12.0. The number of hydrogen-bond acceptors (Lipinski definition) is 5. The second-order valence-corrected chi connectivity index (χ2v) is 8.13. The van der Waals surface area contributed by atoms with Gasteiger partial charge in [0.2, 0.25) is 0 Å². The second-order valence-electron chi connectivity index (χ2n) is 7.38. The van der Waals surface area contributed by atoms with Crippen molar-refractivity contribution in [2.24, 2.45) is 0 Å². The van der Waals surface area contributed by atoms with Gasteiger partial charge in [-0.05, 0) is 54.9 Å². The van der Waals surface area contributed by atoms with Crippen LogP contribution in [0.1, 0.15) is 20.8 Å². The number of carbonyl (C=O) groups is 1. The molecule has 3 aromatic rings. The molecule has 7 nitrogen and oxygen atoms in total. The van der Waals surface area contributed by atoms with Crippen LogP contribution in [0, 0.1) is 0 Å². The zero-order chi connectivity index (χ0) is 20.3. The van der Waals surface area contributed by atoms with Crippen molar-refractivity contribution in [2.45, 2.75) is 26.4 Å². The van der Waals surface area contributed by atoms with E-state index in [0.29, 0.717) is 18.9 Å². The van der Waals surface area contributed by atoms with E-state index in [9.17, 15) is 4.79 Å². The highest BCUT2D eigenvalue weighted by Gasteiger charge is 2.19. The summed E-state index contributed by atoms with van der Waals surface area (Å²) in [6.45, 7) is 6.27. The van der Waals surface area contributed by atoms with Gasteiger partial charge in [-0.25, -0.2) is 4.79 Å². The third-order valence-electron chi connectivity index (χ3n) is 3.95. The van der Waals surface area contributed by atoms with Crippen LogP contribution in [0.5, 0.6) is 5.75 Å². The molecule has 2 aromatic heterocycles. The molecule has 0 bridgehead atoms. The van der Waals surface area contributed by atoms with Crippen LogP contribution in [0.3, 0.4) is 0 Å². The minimum atomic E-state index is -0.523. The van der Waals surface area contributed by atoms with E-state index in [1.165, 1.54) is 4.90 Å². The summed E-state index contributed by atoms with van der Waals surface area (Å²) >= 11 is 3.43. The molecule has 1 amide bonds. The maximum Gasteiger partial charge on any atom is 0.410 e. The Labute approximate surface area is 172 Å². The lowest BCUT2D eigenvalue weighted by Gasteiger charge is -2.24. The third-order valence-corrected chi connectivity index (χ3v) is 4.56. The first-order chi connectivity index (χ1) is 13.2. The van der Waals surface area contributed by atoms with Gasteiger partial charge < -0.3 is 14.4 Å². The van der Waals surface area contributed by atoms with E-state index < -0.39 is 5.60 Å². The number of ether oxygens (including phenoxy) is 2. The van der Waals surface area contributed by atoms with E-state index in [0.717, 1.165) is 26.8 Å². The lowest BCUT2D eigenvalue weighted by molar-refractivity contribution is 0.0278. The van der Waals surface area contributed by atoms with Crippen molar-refractivity contribution in [3.05, 3.63) is 41.1 Å². The molecule has 28 heavy (non-hydrogen) atoms. The van der Waals surface area contributed by atoms with E-state index in [1.807, 2.05) is 51.1 Å². The number of pyridine rings is 1. The number of nitrogens with zero attached hydrogens (tertiary/aromatic N) is 3. The lowest BCUT2D eigenvalue weighted by atomic mass is 10.1. The normalized spacial score (nSPS) is 11.5. The van der Waals surface area contributed by atoms with Gasteiger partial charge in [0, 0.05) is 18.0 Å². The molecule has 0 saturated carbocycles. The van der Waals surface area contributed by atoms with Crippen LogP contribution in [0.15, 0.2) is 41.1 Å². The summed E-state index contributed by atoms with van der Waals surface area (Å²) in [6.07, 6.45) is 1.37. The topological polar surface area (TPSA) is 80.3 Å². The van der Waals surface area contributed by atoms with Gasteiger partial charge in [-0.15, -0.1) is 0 Å². The van der Waals surface area contributed by atoms with Crippen molar-refractivity contribution in [1.82, 2.24) is 20.1 Å². The SMILES string of the molecule is CN(CCOc1ccccc1-c1cc2c(Br)n[nH]c2cn1)C(=O)OC(C)(C)C. The molecular formula is C20H23BrN4O3. The molecule has 0 spiro atoms. The average molecular weight is 447 g/mol. The molecule has 0 atom stereocenters. The van der Waals surface area contributed by atoms with E-state index in [2.05, 4.69) is 31.1 Å². The number of amides is 1. The number of nitrogens with one attached hydrogen (secondary N) is 1. The van der Waals surface area contributed by atoms with Crippen molar-refractivity contribution in [2.75, 3.05) is 20.2 Å². The summed E-state index contributed by atoms with van der Waals surface area (Å²) in [5, 5.41) is 8.00. The Balaban J connectivity index is 1.70. The number of rotatable bonds is 5. The quantitative estimate of drug-likeness (QED) is 0.617. The van der Waals surface area contributed by atoms with Crippen molar-refractivity contribution in [3.8, 4) is 17.0 Å². The Morgan fingerprint density at radius 3 is 2.79 bits per heavy atom. The molecule has 3 rings (SSSR count). The third kappa shape index (κ3) is 4.81. The zero-order valence-electron chi connectivity index (χ0n) is 16.3. The van der Waals surface area contributed by atoms with Gasteiger partial charge in [0.25, 0.3) is 0 Å². The van der Waals surface area contributed by atoms with E-state index >= 15 is 0 Å². The Morgan fingerprint density at radius 1 is 1.29 bits per heavy atom. The molecule has 2 heterocycles. The molecule has 0 radical (unpaired) electrons. The summed E-state index contributed by atoms with van der Waals surface area (Å²) in [5.74, 6) is 0.701. The van der Waals surface area contributed by atoms with Crippen LogP contribution in [0.25, 0.3) is 22.2 Å². The molecule has 1 aromatic carbocycles. The smallest absolute Gasteiger partial charge is 0.410 e. The highest BCUT2D eigenvalue weighted by molar-refractivity contribution is 9.10. The molecule has 0 fully saturated rings. The summed E-state index contributed by atoms with van der Waals surface area (Å²) in [4.78, 5) is 18.1. The predicted octanol–water partition coefficient (Wildman–Crippen LogP) is 4.63. The van der Waals surface area contributed by atoms with Crippen LogP contribution in [0.2, 0.25) is 0 Å². The lowest BCUT2D eigenvalue weighted by Crippen LogP contribution is -2.36. The van der Waals surface area contributed by atoms with Gasteiger partial charge in [0.15, 0.2) is 0 Å². The van der Waals surface area contributed by atoms with Crippen molar-refractivity contribution in [1.29, 1.82) is 0 Å². The van der Waals surface area contributed by atoms with E-state index in [1.54, 1.807) is 13.2 Å². The summed E-state index contributed by atoms with van der Waals surface area (Å²) in [6, 6.07) is 9.64. The number of benzene rings is 1. The maximum absolute atomic E-state index is 12.0. The first kappa shape index (κ1) is 20.1. The van der Waals surface area contributed by atoms with E-state index in [-0.39, 0.29) is 6.09 Å². The fourth-order valence-electron chi connectivity index (χ4n) is 2.56. The van der Waals surface area contributed by atoms with E-state index in [4.69, 9.17) is 9.47 Å². The summed E-state index contributed by atoms with van der Waals surface area (Å²) in [7, 11) is 1.69. The molecule has 0 saturated heterocycles. The minimum Gasteiger partial charge on any atom is -0.491 e. The largest absolute Gasteiger partial charge is 0.491 e. The Kier molecular flexibility index (Phi) is 5.88. The monoisotopic (exact) mass is 446 g/mol. The molecule has 0 aliphatic carbocycles. The van der Waals surface area contributed by atoms with Crippen molar-refractivity contribution < 1.29 is 14.3 Å². The number of hydrogen-bond donors (Lipinski definition) is 1. The molecule has 148 valence electrons. The molecule has 0 aliphatic heterocycles. The average Bonchev–Trinajstić information content (AvgIpc) is 3.01. The van der Waals surface area contributed by atoms with Crippen LogP contribution in [0.4, 0.5) is 4.79 Å². The van der Waals surface area contributed by atoms with Gasteiger partial charge in [-0.2, -0.15) is 5.10 Å². The van der Waals surface area contributed by atoms with Crippen LogP contribution in [-0.4, -0.2) is 52.0 Å². The number of para-hydroxylation sites is 1. The molecular weight excluding hydrogens is 424 g/mol. The number of halogens is 1. The standard InChI is InChI=1S/C20H23BrN4O3/c1-20(2,3)28-19(26)25(4)9-10-27-17-8-6-5-7-13(17)15-11-14-16(12-22-15)23-24-18(14)21/h5-8,11-12H,9-10H2,1-4H3,(H,23,24). The maximum atomic E-state index is 12.0. The predicted molar refractivity (Wildman–Crippen MR) is 111 cm³/mol. The highest BCUT2D eigenvalue weighted by Crippen LogP contribution is 2.31. The molecule has 1 N–H and O–H groups in total. The summed E-state index contributed by atoms with van der Waals surface area (Å²) in [5.41, 5.74) is 1.99.